The van der Waals surface area contributed by atoms with Crippen LogP contribution < -0.4 is 4.90 Å². The van der Waals surface area contributed by atoms with Crippen LogP contribution in [0.5, 0.6) is 11.5 Å². The van der Waals surface area contributed by atoms with Crippen molar-refractivity contribution in [3.63, 3.8) is 0 Å². The highest BCUT2D eigenvalue weighted by Gasteiger charge is 2.19. The fourth-order valence-corrected chi connectivity index (χ4v) is 2.21. The summed E-state index contributed by atoms with van der Waals surface area (Å²) in [5.74, 6) is 0.00955. The molecule has 0 aliphatic rings. The first-order valence-electron chi connectivity index (χ1n) is 6.98. The molecule has 0 aliphatic heterocycles. The summed E-state index contributed by atoms with van der Waals surface area (Å²) in [6.07, 6.45) is 3.11. The van der Waals surface area contributed by atoms with Gasteiger partial charge in [0.25, 0.3) is 5.91 Å². The number of phenols is 2. The third-order valence-corrected chi connectivity index (χ3v) is 3.35. The average Bonchev–Trinajstić information content (AvgIpc) is 2.59. The highest BCUT2D eigenvalue weighted by molar-refractivity contribution is 6.10. The highest BCUT2D eigenvalue weighted by atomic mass is 16.3. The second kappa shape index (κ2) is 6.19. The molecule has 0 aliphatic carbocycles. The molecule has 0 unspecified atom stereocenters. The number of carbonyl (C=O) groups is 1. The lowest BCUT2D eigenvalue weighted by molar-refractivity contribution is 0.0999. The van der Waals surface area contributed by atoms with Gasteiger partial charge in [0, 0.05) is 29.3 Å². The van der Waals surface area contributed by atoms with Crippen LogP contribution in [0.4, 0.5) is 11.4 Å². The molecule has 0 saturated carbocycles. The topological polar surface area (TPSA) is 73.7 Å². The average molecular weight is 306 g/mol. The number of anilines is 2. The Kier molecular flexibility index (Phi) is 3.93. The first kappa shape index (κ1) is 14.6. The minimum atomic E-state index is -0.233. The predicted octanol–water partition coefficient (Wildman–Crippen LogP) is 3.47. The zero-order valence-corrected chi connectivity index (χ0v) is 12.1. The summed E-state index contributed by atoms with van der Waals surface area (Å²) in [7, 11) is 0. The van der Waals surface area contributed by atoms with Gasteiger partial charge >= 0.3 is 0 Å². The molecule has 114 valence electrons. The summed E-state index contributed by atoms with van der Waals surface area (Å²) in [6.45, 7) is 0. The van der Waals surface area contributed by atoms with Gasteiger partial charge in [0.2, 0.25) is 0 Å². The monoisotopic (exact) mass is 306 g/mol. The van der Waals surface area contributed by atoms with Gasteiger partial charge in [-0.3, -0.25) is 14.7 Å². The molecule has 0 atom stereocenters. The Labute approximate surface area is 133 Å². The number of phenolic OH excluding ortho intramolecular Hbond substituents is 2. The molecule has 1 heterocycles. The summed E-state index contributed by atoms with van der Waals surface area (Å²) in [6, 6.07) is 16.0. The van der Waals surface area contributed by atoms with E-state index in [9.17, 15) is 15.0 Å². The Hall–Kier alpha value is -3.34. The maximum atomic E-state index is 12.9. The number of aromatic hydroxyl groups is 2. The van der Waals surface area contributed by atoms with Gasteiger partial charge < -0.3 is 10.2 Å². The largest absolute Gasteiger partial charge is 0.508 e. The Morgan fingerprint density at radius 1 is 0.739 bits per heavy atom. The molecule has 0 saturated heterocycles. The molecule has 23 heavy (non-hydrogen) atoms. The zero-order valence-electron chi connectivity index (χ0n) is 12.1. The number of pyridine rings is 1. The SMILES string of the molecule is O=C(c1ccncc1)N(c1ccc(O)cc1)c1ccc(O)cc1. The van der Waals surface area contributed by atoms with Crippen LogP contribution in [-0.4, -0.2) is 21.1 Å². The van der Waals surface area contributed by atoms with E-state index in [1.165, 1.54) is 29.2 Å². The normalized spacial score (nSPS) is 10.3. The van der Waals surface area contributed by atoms with E-state index in [2.05, 4.69) is 4.98 Å². The summed E-state index contributed by atoms with van der Waals surface area (Å²) >= 11 is 0. The molecule has 2 N–H and O–H groups in total. The summed E-state index contributed by atoms with van der Waals surface area (Å²) in [5.41, 5.74) is 1.70. The van der Waals surface area contributed by atoms with Gasteiger partial charge in [-0.25, -0.2) is 0 Å². The van der Waals surface area contributed by atoms with E-state index in [-0.39, 0.29) is 17.4 Å². The molecular weight excluding hydrogens is 292 g/mol. The van der Waals surface area contributed by atoms with E-state index in [1.807, 2.05) is 0 Å². The van der Waals surface area contributed by atoms with Crippen LogP contribution in [0, 0.1) is 0 Å². The number of rotatable bonds is 3. The lowest BCUT2D eigenvalue weighted by Crippen LogP contribution is -2.25. The smallest absolute Gasteiger partial charge is 0.262 e. The van der Waals surface area contributed by atoms with E-state index in [4.69, 9.17) is 0 Å². The van der Waals surface area contributed by atoms with Gasteiger partial charge in [0.1, 0.15) is 11.5 Å². The maximum Gasteiger partial charge on any atom is 0.262 e. The molecule has 5 nitrogen and oxygen atoms in total. The van der Waals surface area contributed by atoms with Gasteiger partial charge in [-0.05, 0) is 60.7 Å². The van der Waals surface area contributed by atoms with Crippen molar-refractivity contribution in [3.8, 4) is 11.5 Å². The van der Waals surface area contributed by atoms with Gasteiger partial charge in [-0.2, -0.15) is 0 Å². The maximum absolute atomic E-state index is 12.9. The van der Waals surface area contributed by atoms with Crippen LogP contribution in [0.25, 0.3) is 0 Å². The molecule has 2 aromatic carbocycles. The Bertz CT molecular complexity index is 754. The number of nitrogens with zero attached hydrogens (tertiary/aromatic N) is 2. The Balaban J connectivity index is 2.08. The van der Waals surface area contributed by atoms with Gasteiger partial charge in [-0.1, -0.05) is 0 Å². The third kappa shape index (κ3) is 3.13. The minimum Gasteiger partial charge on any atom is -0.508 e. The summed E-state index contributed by atoms with van der Waals surface area (Å²) in [4.78, 5) is 18.3. The van der Waals surface area contributed by atoms with Crippen molar-refractivity contribution >= 4 is 17.3 Å². The van der Waals surface area contributed by atoms with Gasteiger partial charge in [-0.15, -0.1) is 0 Å². The molecule has 1 aromatic heterocycles. The number of hydrogen-bond acceptors (Lipinski definition) is 4. The minimum absolute atomic E-state index is 0.121. The Morgan fingerprint density at radius 2 is 1.17 bits per heavy atom. The first-order chi connectivity index (χ1) is 11.1. The fourth-order valence-electron chi connectivity index (χ4n) is 2.21. The molecule has 1 amide bonds. The van der Waals surface area contributed by atoms with Crippen LogP contribution in [0.1, 0.15) is 10.4 Å². The van der Waals surface area contributed by atoms with Crippen molar-refractivity contribution in [3.05, 3.63) is 78.6 Å². The lowest BCUT2D eigenvalue weighted by Gasteiger charge is -2.23. The van der Waals surface area contributed by atoms with Crippen molar-refractivity contribution in [2.75, 3.05) is 4.90 Å². The molecular formula is C18H14N2O3. The summed E-state index contributed by atoms with van der Waals surface area (Å²) < 4.78 is 0. The number of benzene rings is 2. The van der Waals surface area contributed by atoms with Gasteiger partial charge in [0.15, 0.2) is 0 Å². The van der Waals surface area contributed by atoms with Crippen LogP contribution >= 0.6 is 0 Å². The first-order valence-corrected chi connectivity index (χ1v) is 6.98. The molecule has 3 aromatic rings. The molecule has 0 spiro atoms. The predicted molar refractivity (Wildman–Crippen MR) is 86.9 cm³/mol. The third-order valence-electron chi connectivity index (χ3n) is 3.35. The van der Waals surface area contributed by atoms with Crippen molar-refractivity contribution < 1.29 is 15.0 Å². The lowest BCUT2D eigenvalue weighted by atomic mass is 10.1. The molecule has 5 heteroatoms. The van der Waals surface area contributed by atoms with Crippen LogP contribution in [0.3, 0.4) is 0 Å². The molecule has 0 radical (unpaired) electrons. The van der Waals surface area contributed by atoms with E-state index < -0.39 is 0 Å². The van der Waals surface area contributed by atoms with E-state index >= 15 is 0 Å². The molecule has 0 bridgehead atoms. The quantitative estimate of drug-likeness (QED) is 0.777. The standard InChI is InChI=1S/C18H14N2O3/c21-16-5-1-14(2-6-16)20(15-3-7-17(22)8-4-15)18(23)13-9-11-19-12-10-13/h1-12,21-22H. The second-order valence-corrected chi connectivity index (χ2v) is 4.91. The van der Waals surface area contributed by atoms with Crippen LogP contribution in [0.2, 0.25) is 0 Å². The zero-order chi connectivity index (χ0) is 16.2. The van der Waals surface area contributed by atoms with Crippen molar-refractivity contribution in [2.45, 2.75) is 0 Å². The van der Waals surface area contributed by atoms with E-state index in [0.29, 0.717) is 16.9 Å². The molecule has 0 fully saturated rings. The Morgan fingerprint density at radius 3 is 1.61 bits per heavy atom. The van der Waals surface area contributed by atoms with Crippen molar-refractivity contribution in [2.24, 2.45) is 0 Å². The second-order valence-electron chi connectivity index (χ2n) is 4.91. The van der Waals surface area contributed by atoms with E-state index in [0.717, 1.165) is 0 Å². The van der Waals surface area contributed by atoms with Crippen LogP contribution in [0.15, 0.2) is 73.1 Å². The highest BCUT2D eigenvalue weighted by Crippen LogP contribution is 2.29. The van der Waals surface area contributed by atoms with Crippen molar-refractivity contribution in [1.29, 1.82) is 0 Å². The number of hydrogen-bond donors (Lipinski definition) is 2. The fraction of sp³-hybridized carbons (Fsp3) is 0. The number of aromatic nitrogens is 1. The summed E-state index contributed by atoms with van der Waals surface area (Å²) in [5, 5.41) is 18.9. The molecule has 3 rings (SSSR count). The van der Waals surface area contributed by atoms with Gasteiger partial charge in [0.05, 0.1) is 0 Å². The van der Waals surface area contributed by atoms with Crippen LogP contribution in [-0.2, 0) is 0 Å². The number of carbonyl (C=O) groups excluding carboxylic acids is 1. The van der Waals surface area contributed by atoms with Crippen molar-refractivity contribution in [1.82, 2.24) is 4.98 Å². The number of amides is 1. The van der Waals surface area contributed by atoms with E-state index in [1.54, 1.807) is 48.8 Å².